The van der Waals surface area contributed by atoms with Crippen LogP contribution in [-0.4, -0.2) is 0 Å². The number of unbranched alkanes of at least 4 members (excludes halogenated alkanes) is 1. The van der Waals surface area contributed by atoms with Crippen LogP contribution in [0.1, 0.15) is 57.2 Å². The van der Waals surface area contributed by atoms with Crippen molar-refractivity contribution in [2.45, 2.75) is 53.9 Å². The summed E-state index contributed by atoms with van der Waals surface area (Å²) in [5, 5.41) is 0. The molecular formula is C17H24. The van der Waals surface area contributed by atoms with E-state index in [0.717, 1.165) is 6.42 Å². The van der Waals surface area contributed by atoms with Crippen molar-refractivity contribution >= 4 is 0 Å². The van der Waals surface area contributed by atoms with E-state index in [1.807, 2.05) is 0 Å². The maximum atomic E-state index is 3.35. The predicted molar refractivity (Wildman–Crippen MR) is 76.1 cm³/mol. The Morgan fingerprint density at radius 3 is 2.47 bits per heavy atom. The van der Waals surface area contributed by atoms with Crippen LogP contribution in [0.5, 0.6) is 0 Å². The van der Waals surface area contributed by atoms with Gasteiger partial charge in [0.25, 0.3) is 0 Å². The lowest BCUT2D eigenvalue weighted by atomic mass is 9.94. The Hall–Kier alpha value is -1.22. The fraction of sp³-hybridized carbons (Fsp3) is 0.529. The SMILES string of the molecule is CCCCc1c(C)cccc1C#CC(C)(C)C. The van der Waals surface area contributed by atoms with Gasteiger partial charge in [0.1, 0.15) is 0 Å². The summed E-state index contributed by atoms with van der Waals surface area (Å²) in [6.45, 7) is 10.9. The van der Waals surface area contributed by atoms with Crippen molar-refractivity contribution < 1.29 is 0 Å². The molecule has 1 aromatic carbocycles. The molecule has 0 heteroatoms. The monoisotopic (exact) mass is 228 g/mol. The van der Waals surface area contributed by atoms with E-state index in [4.69, 9.17) is 0 Å². The molecule has 0 bridgehead atoms. The normalized spacial score (nSPS) is 10.9. The van der Waals surface area contributed by atoms with Gasteiger partial charge in [-0.3, -0.25) is 0 Å². The van der Waals surface area contributed by atoms with Crippen molar-refractivity contribution in [1.29, 1.82) is 0 Å². The minimum atomic E-state index is 0.0752. The van der Waals surface area contributed by atoms with Gasteiger partial charge in [0.05, 0.1) is 0 Å². The van der Waals surface area contributed by atoms with Gasteiger partial charge in [0, 0.05) is 11.0 Å². The molecule has 0 aliphatic rings. The Labute approximate surface area is 106 Å². The standard InChI is InChI=1S/C17H24/c1-6-7-11-16-14(2)9-8-10-15(16)12-13-17(3,4)5/h8-10H,6-7,11H2,1-5H3. The minimum Gasteiger partial charge on any atom is -0.0919 e. The summed E-state index contributed by atoms with van der Waals surface area (Å²) in [7, 11) is 0. The van der Waals surface area contributed by atoms with Crippen molar-refractivity contribution in [3.63, 3.8) is 0 Å². The number of aryl methyl sites for hydroxylation is 1. The van der Waals surface area contributed by atoms with Crippen LogP contribution in [0.4, 0.5) is 0 Å². The Morgan fingerprint density at radius 2 is 1.88 bits per heavy atom. The molecule has 0 aliphatic heterocycles. The molecule has 0 fully saturated rings. The van der Waals surface area contributed by atoms with Crippen LogP contribution in [0.15, 0.2) is 18.2 Å². The fourth-order valence-electron chi connectivity index (χ4n) is 1.76. The highest BCUT2D eigenvalue weighted by Crippen LogP contribution is 2.17. The summed E-state index contributed by atoms with van der Waals surface area (Å²) in [6.07, 6.45) is 3.63. The van der Waals surface area contributed by atoms with Crippen LogP contribution in [0.2, 0.25) is 0 Å². The van der Waals surface area contributed by atoms with Crippen molar-refractivity contribution in [2.24, 2.45) is 5.41 Å². The maximum Gasteiger partial charge on any atom is 0.0280 e. The van der Waals surface area contributed by atoms with Gasteiger partial charge in [0.15, 0.2) is 0 Å². The lowest BCUT2D eigenvalue weighted by Crippen LogP contribution is -2.00. The molecule has 0 atom stereocenters. The van der Waals surface area contributed by atoms with Crippen molar-refractivity contribution in [1.82, 2.24) is 0 Å². The largest absolute Gasteiger partial charge is 0.0919 e. The summed E-state index contributed by atoms with van der Waals surface area (Å²) in [6, 6.07) is 6.45. The third kappa shape index (κ3) is 4.65. The molecule has 0 N–H and O–H groups in total. The van der Waals surface area contributed by atoms with Crippen LogP contribution in [0.3, 0.4) is 0 Å². The second-order valence-electron chi connectivity index (χ2n) is 5.70. The minimum absolute atomic E-state index is 0.0752. The van der Waals surface area contributed by atoms with Gasteiger partial charge < -0.3 is 0 Å². The van der Waals surface area contributed by atoms with Crippen molar-refractivity contribution in [3.05, 3.63) is 34.9 Å². The molecular weight excluding hydrogens is 204 g/mol. The Bertz CT molecular complexity index is 422. The molecule has 0 spiro atoms. The van der Waals surface area contributed by atoms with Crippen LogP contribution >= 0.6 is 0 Å². The zero-order valence-electron chi connectivity index (χ0n) is 11.9. The first kappa shape index (κ1) is 13.8. The van der Waals surface area contributed by atoms with E-state index in [1.54, 1.807) is 0 Å². The Balaban J connectivity index is 3.05. The fourth-order valence-corrected chi connectivity index (χ4v) is 1.76. The van der Waals surface area contributed by atoms with Gasteiger partial charge in [-0.15, -0.1) is 0 Å². The van der Waals surface area contributed by atoms with E-state index in [2.05, 4.69) is 64.7 Å². The number of hydrogen-bond acceptors (Lipinski definition) is 0. The number of rotatable bonds is 3. The zero-order valence-corrected chi connectivity index (χ0v) is 11.9. The molecule has 0 nitrogen and oxygen atoms in total. The van der Waals surface area contributed by atoms with E-state index in [0.29, 0.717) is 0 Å². The molecule has 0 aromatic heterocycles. The zero-order chi connectivity index (χ0) is 12.9. The summed E-state index contributed by atoms with van der Waals surface area (Å²) in [5.74, 6) is 6.69. The van der Waals surface area contributed by atoms with Gasteiger partial charge in [-0.25, -0.2) is 0 Å². The molecule has 0 radical (unpaired) electrons. The van der Waals surface area contributed by atoms with E-state index in [-0.39, 0.29) is 5.41 Å². The summed E-state index contributed by atoms with van der Waals surface area (Å²) >= 11 is 0. The molecule has 92 valence electrons. The van der Waals surface area contributed by atoms with E-state index in [9.17, 15) is 0 Å². The topological polar surface area (TPSA) is 0 Å². The molecule has 0 heterocycles. The third-order valence-corrected chi connectivity index (χ3v) is 2.76. The van der Waals surface area contributed by atoms with Crippen LogP contribution in [-0.2, 0) is 6.42 Å². The Kier molecular flexibility index (Phi) is 4.82. The quantitative estimate of drug-likeness (QED) is 0.656. The van der Waals surface area contributed by atoms with E-state index >= 15 is 0 Å². The summed E-state index contributed by atoms with van der Waals surface area (Å²) < 4.78 is 0. The third-order valence-electron chi connectivity index (χ3n) is 2.76. The van der Waals surface area contributed by atoms with Gasteiger partial charge in [0.2, 0.25) is 0 Å². The van der Waals surface area contributed by atoms with Gasteiger partial charge in [-0.1, -0.05) is 37.3 Å². The van der Waals surface area contributed by atoms with Crippen LogP contribution in [0, 0.1) is 24.2 Å². The molecule has 0 saturated carbocycles. The van der Waals surface area contributed by atoms with Crippen molar-refractivity contribution in [3.8, 4) is 11.8 Å². The highest BCUT2D eigenvalue weighted by Gasteiger charge is 2.06. The van der Waals surface area contributed by atoms with Crippen LogP contribution < -0.4 is 0 Å². The Morgan fingerprint density at radius 1 is 1.18 bits per heavy atom. The van der Waals surface area contributed by atoms with E-state index in [1.165, 1.54) is 29.5 Å². The molecule has 1 aromatic rings. The maximum absolute atomic E-state index is 3.35. The first-order chi connectivity index (χ1) is 7.94. The first-order valence-corrected chi connectivity index (χ1v) is 6.55. The highest BCUT2D eigenvalue weighted by atomic mass is 14.1. The number of benzene rings is 1. The smallest absolute Gasteiger partial charge is 0.0280 e. The summed E-state index contributed by atoms with van der Waals surface area (Å²) in [4.78, 5) is 0. The van der Waals surface area contributed by atoms with Gasteiger partial charge in [-0.2, -0.15) is 0 Å². The number of hydrogen-bond donors (Lipinski definition) is 0. The van der Waals surface area contributed by atoms with Gasteiger partial charge in [-0.05, 0) is 57.7 Å². The molecule has 0 saturated heterocycles. The van der Waals surface area contributed by atoms with E-state index < -0.39 is 0 Å². The average molecular weight is 228 g/mol. The average Bonchev–Trinajstić information content (AvgIpc) is 2.24. The molecule has 0 amide bonds. The lowest BCUT2D eigenvalue weighted by Gasteiger charge is -2.10. The molecule has 1 rings (SSSR count). The molecule has 0 unspecified atom stereocenters. The molecule has 0 aliphatic carbocycles. The van der Waals surface area contributed by atoms with Gasteiger partial charge >= 0.3 is 0 Å². The first-order valence-electron chi connectivity index (χ1n) is 6.55. The molecule has 17 heavy (non-hydrogen) atoms. The van der Waals surface area contributed by atoms with Crippen LogP contribution in [0.25, 0.3) is 0 Å². The second-order valence-corrected chi connectivity index (χ2v) is 5.70. The van der Waals surface area contributed by atoms with Crippen molar-refractivity contribution in [2.75, 3.05) is 0 Å². The second kappa shape index (κ2) is 5.92. The highest BCUT2D eigenvalue weighted by molar-refractivity contribution is 5.45. The lowest BCUT2D eigenvalue weighted by molar-refractivity contribution is 0.571. The summed E-state index contributed by atoms with van der Waals surface area (Å²) in [5.41, 5.74) is 4.10. The predicted octanol–water partition coefficient (Wildman–Crippen LogP) is 4.74.